The summed E-state index contributed by atoms with van der Waals surface area (Å²) in [5.41, 5.74) is 3.49. The quantitative estimate of drug-likeness (QED) is 0.650. The minimum Gasteiger partial charge on any atom is -0.452 e. The molecule has 0 radical (unpaired) electrons. The number of aryl methyl sites for hydroxylation is 1. The third-order valence-corrected chi connectivity index (χ3v) is 4.83. The number of benzene rings is 2. The van der Waals surface area contributed by atoms with Crippen LogP contribution in [0, 0.1) is 6.92 Å². The van der Waals surface area contributed by atoms with E-state index >= 15 is 0 Å². The van der Waals surface area contributed by atoms with Gasteiger partial charge in [0.25, 0.3) is 5.91 Å². The predicted octanol–water partition coefficient (Wildman–Crippen LogP) is 4.23. The molecule has 2 aromatic carbocycles. The molecule has 0 aliphatic heterocycles. The Morgan fingerprint density at radius 1 is 1.11 bits per heavy atom. The Hall–Kier alpha value is -2.99. The van der Waals surface area contributed by atoms with Crippen molar-refractivity contribution in [2.24, 2.45) is 0 Å². The Bertz CT molecular complexity index is 920. The Balaban J connectivity index is 1.54. The molecule has 1 N–H and O–H groups in total. The van der Waals surface area contributed by atoms with E-state index in [4.69, 9.17) is 4.74 Å². The van der Waals surface area contributed by atoms with Crippen molar-refractivity contribution in [3.8, 4) is 10.6 Å². The van der Waals surface area contributed by atoms with Gasteiger partial charge in [-0.15, -0.1) is 11.3 Å². The van der Waals surface area contributed by atoms with E-state index in [0.717, 1.165) is 10.6 Å². The maximum absolute atomic E-state index is 12.1. The zero-order valence-electron chi connectivity index (χ0n) is 15.1. The molecular weight excluding hydrogens is 360 g/mol. The fourth-order valence-electron chi connectivity index (χ4n) is 2.42. The summed E-state index contributed by atoms with van der Waals surface area (Å²) in [5, 5.41) is 5.40. The normalized spacial score (nSPS) is 11.6. The van der Waals surface area contributed by atoms with Crippen molar-refractivity contribution in [3.05, 3.63) is 71.2 Å². The fraction of sp³-hybridized carbons (Fsp3) is 0.190. The first kappa shape index (κ1) is 18.8. The zero-order valence-corrected chi connectivity index (χ0v) is 16.0. The molecule has 6 heteroatoms. The first-order chi connectivity index (χ1) is 13.0. The molecule has 1 amide bonds. The van der Waals surface area contributed by atoms with Crippen molar-refractivity contribution in [3.63, 3.8) is 0 Å². The molecular formula is C21H20N2O3S. The number of aromatic nitrogens is 1. The highest BCUT2D eigenvalue weighted by Gasteiger charge is 2.19. The number of esters is 1. The lowest BCUT2D eigenvalue weighted by atomic mass is 10.2. The largest absolute Gasteiger partial charge is 0.452 e. The van der Waals surface area contributed by atoms with Crippen molar-refractivity contribution < 1.29 is 14.3 Å². The number of ether oxygens (including phenoxy) is 1. The van der Waals surface area contributed by atoms with Gasteiger partial charge in [-0.2, -0.15) is 0 Å². The smallest absolute Gasteiger partial charge is 0.312 e. The van der Waals surface area contributed by atoms with Crippen LogP contribution in [-0.2, 0) is 20.7 Å². The van der Waals surface area contributed by atoms with E-state index in [-0.39, 0.29) is 12.3 Å². The molecule has 1 heterocycles. The van der Waals surface area contributed by atoms with Crippen molar-refractivity contribution in [2.45, 2.75) is 26.4 Å². The monoisotopic (exact) mass is 380 g/mol. The van der Waals surface area contributed by atoms with Crippen molar-refractivity contribution in [1.82, 2.24) is 4.98 Å². The molecule has 138 valence electrons. The van der Waals surface area contributed by atoms with E-state index in [1.54, 1.807) is 19.1 Å². The van der Waals surface area contributed by atoms with Gasteiger partial charge in [0.2, 0.25) is 0 Å². The molecule has 0 saturated carbocycles. The van der Waals surface area contributed by atoms with Gasteiger partial charge in [0, 0.05) is 16.6 Å². The van der Waals surface area contributed by atoms with Gasteiger partial charge in [-0.05, 0) is 26.0 Å². The molecule has 0 saturated heterocycles. The molecule has 3 aromatic rings. The highest BCUT2D eigenvalue weighted by Crippen LogP contribution is 2.24. The molecule has 27 heavy (non-hydrogen) atoms. The summed E-state index contributed by atoms with van der Waals surface area (Å²) in [5.74, 6) is -0.848. The van der Waals surface area contributed by atoms with E-state index in [1.165, 1.54) is 16.9 Å². The van der Waals surface area contributed by atoms with E-state index in [0.29, 0.717) is 11.4 Å². The number of rotatable bonds is 6. The maximum atomic E-state index is 12.1. The van der Waals surface area contributed by atoms with E-state index in [9.17, 15) is 9.59 Å². The highest BCUT2D eigenvalue weighted by atomic mass is 32.1. The molecule has 0 unspecified atom stereocenters. The Labute approximate surface area is 162 Å². The number of hydrogen-bond acceptors (Lipinski definition) is 5. The maximum Gasteiger partial charge on any atom is 0.312 e. The Kier molecular flexibility index (Phi) is 5.98. The van der Waals surface area contributed by atoms with Crippen molar-refractivity contribution in [2.75, 3.05) is 5.32 Å². The number of nitrogens with one attached hydrogen (secondary N) is 1. The average molecular weight is 380 g/mol. The van der Waals surface area contributed by atoms with Gasteiger partial charge in [0.05, 0.1) is 12.1 Å². The summed E-state index contributed by atoms with van der Waals surface area (Å²) in [4.78, 5) is 28.7. The summed E-state index contributed by atoms with van der Waals surface area (Å²) >= 11 is 1.48. The van der Waals surface area contributed by atoms with Crippen LogP contribution in [0.2, 0.25) is 0 Å². The van der Waals surface area contributed by atoms with Gasteiger partial charge >= 0.3 is 5.97 Å². The van der Waals surface area contributed by atoms with Gasteiger partial charge in [0.15, 0.2) is 6.10 Å². The number of carbonyl (C=O) groups excluding carboxylic acids is 2. The van der Waals surface area contributed by atoms with Crippen LogP contribution in [0.15, 0.2) is 60.0 Å². The lowest BCUT2D eigenvalue weighted by molar-refractivity contribution is -0.152. The standard InChI is InChI=1S/C21H20N2O3S/c1-14-8-10-16(11-9-14)21-23-18(13-27-21)12-19(24)26-15(2)20(25)22-17-6-4-3-5-7-17/h3-11,13,15H,12H2,1-2H3,(H,22,25)/t15-/m0/s1. The van der Waals surface area contributed by atoms with E-state index in [1.807, 2.05) is 54.8 Å². The molecule has 0 aliphatic rings. The third kappa shape index (κ3) is 5.24. The third-order valence-electron chi connectivity index (χ3n) is 3.89. The SMILES string of the molecule is Cc1ccc(-c2nc(CC(=O)O[C@@H](C)C(=O)Nc3ccccc3)cs2)cc1. The number of anilines is 1. The van der Waals surface area contributed by atoms with Crippen LogP contribution in [0.4, 0.5) is 5.69 Å². The van der Waals surface area contributed by atoms with Gasteiger partial charge in [0.1, 0.15) is 5.01 Å². The van der Waals surface area contributed by atoms with Crippen LogP contribution in [0.25, 0.3) is 10.6 Å². The van der Waals surface area contributed by atoms with Gasteiger partial charge in [-0.3, -0.25) is 9.59 Å². The number of hydrogen-bond donors (Lipinski definition) is 1. The van der Waals surface area contributed by atoms with Crippen LogP contribution in [0.1, 0.15) is 18.2 Å². The van der Waals surface area contributed by atoms with Gasteiger partial charge in [-0.25, -0.2) is 4.98 Å². The second kappa shape index (κ2) is 8.60. The van der Waals surface area contributed by atoms with Crippen LogP contribution in [-0.4, -0.2) is 23.0 Å². The molecule has 0 fully saturated rings. The summed E-state index contributed by atoms with van der Waals surface area (Å²) in [6.45, 7) is 3.58. The summed E-state index contributed by atoms with van der Waals surface area (Å²) in [6.07, 6.45) is -0.849. The van der Waals surface area contributed by atoms with E-state index in [2.05, 4.69) is 10.3 Å². The molecule has 1 aromatic heterocycles. The predicted molar refractivity (Wildman–Crippen MR) is 107 cm³/mol. The second-order valence-corrected chi connectivity index (χ2v) is 7.03. The summed E-state index contributed by atoms with van der Waals surface area (Å²) in [7, 11) is 0. The average Bonchev–Trinajstić information content (AvgIpc) is 3.11. The first-order valence-corrected chi connectivity index (χ1v) is 9.46. The van der Waals surface area contributed by atoms with Crippen LogP contribution in [0.5, 0.6) is 0 Å². The number of thiazole rings is 1. The number of carbonyl (C=O) groups is 2. The minimum absolute atomic E-state index is 0.0331. The molecule has 3 rings (SSSR count). The summed E-state index contributed by atoms with van der Waals surface area (Å²) in [6, 6.07) is 17.1. The van der Waals surface area contributed by atoms with Gasteiger partial charge < -0.3 is 10.1 Å². The van der Waals surface area contributed by atoms with Crippen LogP contribution >= 0.6 is 11.3 Å². The molecule has 1 atom stereocenters. The molecule has 0 spiro atoms. The second-order valence-electron chi connectivity index (χ2n) is 6.17. The highest BCUT2D eigenvalue weighted by molar-refractivity contribution is 7.13. The molecule has 0 bridgehead atoms. The minimum atomic E-state index is -0.882. The van der Waals surface area contributed by atoms with Crippen molar-refractivity contribution in [1.29, 1.82) is 0 Å². The number of para-hydroxylation sites is 1. The number of amides is 1. The lowest BCUT2D eigenvalue weighted by Crippen LogP contribution is -2.30. The Morgan fingerprint density at radius 2 is 1.81 bits per heavy atom. The number of nitrogens with zero attached hydrogens (tertiary/aromatic N) is 1. The van der Waals surface area contributed by atoms with Gasteiger partial charge in [-0.1, -0.05) is 48.0 Å². The fourth-order valence-corrected chi connectivity index (χ4v) is 3.25. The molecule has 0 aliphatic carbocycles. The van der Waals surface area contributed by atoms with E-state index < -0.39 is 12.1 Å². The lowest BCUT2D eigenvalue weighted by Gasteiger charge is -2.13. The van der Waals surface area contributed by atoms with Crippen LogP contribution < -0.4 is 5.32 Å². The topological polar surface area (TPSA) is 68.3 Å². The Morgan fingerprint density at radius 3 is 2.52 bits per heavy atom. The van der Waals surface area contributed by atoms with Crippen LogP contribution in [0.3, 0.4) is 0 Å². The first-order valence-electron chi connectivity index (χ1n) is 8.58. The molecule has 5 nitrogen and oxygen atoms in total. The summed E-state index contributed by atoms with van der Waals surface area (Å²) < 4.78 is 5.23. The zero-order chi connectivity index (χ0) is 19.2. The van der Waals surface area contributed by atoms with Crippen molar-refractivity contribution >= 4 is 28.9 Å².